The molecule has 0 spiro atoms. The molecule has 0 saturated heterocycles. The van der Waals surface area contributed by atoms with Crippen LogP contribution >= 0.6 is 0 Å². The highest BCUT2D eigenvalue weighted by Crippen LogP contribution is 2.13. The van der Waals surface area contributed by atoms with Gasteiger partial charge < -0.3 is 10.2 Å². The summed E-state index contributed by atoms with van der Waals surface area (Å²) in [5.74, 6) is -4.01. The monoisotopic (exact) mass is 424 g/mol. The standard InChI is InChI=1S/C12H14N4O4S.C2HF3O2/c1-16-11(4-7-14-16)21(19,20)15-10(12(17)18)8-9-2-5-13-6-3-9;3-2(4,5)1(6)7/h2-7,10,15H,8H2,1H3,(H,17,18);(H,6,7). The van der Waals surface area contributed by atoms with Crippen LogP contribution in [0.25, 0.3) is 0 Å². The van der Waals surface area contributed by atoms with Crippen molar-refractivity contribution in [1.82, 2.24) is 19.5 Å². The molecule has 3 N–H and O–H groups in total. The van der Waals surface area contributed by atoms with Crippen molar-refractivity contribution in [3.05, 3.63) is 42.4 Å². The van der Waals surface area contributed by atoms with Crippen LogP contribution in [-0.2, 0) is 33.1 Å². The molecule has 0 aliphatic heterocycles. The molecule has 1 atom stereocenters. The molecule has 0 fully saturated rings. The largest absolute Gasteiger partial charge is 0.490 e. The Morgan fingerprint density at radius 3 is 2.11 bits per heavy atom. The lowest BCUT2D eigenvalue weighted by Crippen LogP contribution is -2.42. The van der Waals surface area contributed by atoms with Crippen molar-refractivity contribution in [2.45, 2.75) is 23.7 Å². The Balaban J connectivity index is 0.000000480. The molecular formula is C14H15F3N4O6S. The molecule has 0 aromatic carbocycles. The highest BCUT2D eigenvalue weighted by molar-refractivity contribution is 7.89. The van der Waals surface area contributed by atoms with Gasteiger partial charge in [-0.25, -0.2) is 13.2 Å². The number of hydrogen-bond acceptors (Lipinski definition) is 6. The number of aromatic nitrogens is 3. The van der Waals surface area contributed by atoms with Gasteiger partial charge in [0.25, 0.3) is 10.0 Å². The first-order chi connectivity index (χ1) is 12.8. The van der Waals surface area contributed by atoms with E-state index in [0.29, 0.717) is 5.56 Å². The van der Waals surface area contributed by atoms with E-state index in [9.17, 15) is 31.5 Å². The number of carbonyl (C=O) groups is 2. The Hall–Kier alpha value is -3.00. The quantitative estimate of drug-likeness (QED) is 0.604. The summed E-state index contributed by atoms with van der Waals surface area (Å²) in [6, 6.07) is 3.29. The Labute approximate surface area is 156 Å². The summed E-state index contributed by atoms with van der Waals surface area (Å²) in [7, 11) is -2.49. The molecule has 2 aromatic heterocycles. The Morgan fingerprint density at radius 2 is 1.71 bits per heavy atom. The van der Waals surface area contributed by atoms with E-state index in [1.165, 1.54) is 31.7 Å². The lowest BCUT2D eigenvalue weighted by molar-refractivity contribution is -0.192. The van der Waals surface area contributed by atoms with Gasteiger partial charge in [-0.15, -0.1) is 0 Å². The molecule has 0 aliphatic carbocycles. The number of halogens is 3. The molecule has 14 heteroatoms. The van der Waals surface area contributed by atoms with Crippen LogP contribution in [0.2, 0.25) is 0 Å². The number of sulfonamides is 1. The van der Waals surface area contributed by atoms with Gasteiger partial charge in [0.15, 0.2) is 5.03 Å². The Bertz CT molecular complexity index is 915. The predicted octanol–water partition coefficient (Wildman–Crippen LogP) is 0.423. The van der Waals surface area contributed by atoms with E-state index in [1.807, 2.05) is 0 Å². The third kappa shape index (κ3) is 6.96. The summed E-state index contributed by atoms with van der Waals surface area (Å²) in [6.07, 6.45) is -0.699. The summed E-state index contributed by atoms with van der Waals surface area (Å²) in [5.41, 5.74) is 0.671. The van der Waals surface area contributed by atoms with Crippen LogP contribution in [0.1, 0.15) is 5.56 Å². The Kier molecular flexibility index (Phi) is 7.63. The molecule has 0 radical (unpaired) electrons. The SMILES string of the molecule is Cn1nccc1S(=O)(=O)NC(Cc1ccncc1)C(=O)O.O=C(O)C(F)(F)F. The van der Waals surface area contributed by atoms with E-state index in [4.69, 9.17) is 9.90 Å². The second-order valence-electron chi connectivity index (χ2n) is 5.17. The maximum Gasteiger partial charge on any atom is 0.490 e. The summed E-state index contributed by atoms with van der Waals surface area (Å²) < 4.78 is 59.4. The molecule has 10 nitrogen and oxygen atoms in total. The van der Waals surface area contributed by atoms with Crippen LogP contribution in [-0.4, -0.2) is 57.6 Å². The fourth-order valence-electron chi connectivity index (χ4n) is 1.81. The van der Waals surface area contributed by atoms with Gasteiger partial charge in [0, 0.05) is 19.4 Å². The fraction of sp³-hybridized carbons (Fsp3) is 0.286. The first-order valence-corrected chi connectivity index (χ1v) is 8.75. The molecule has 154 valence electrons. The number of nitrogens with one attached hydrogen (secondary N) is 1. The highest BCUT2D eigenvalue weighted by atomic mass is 32.2. The number of pyridine rings is 1. The molecule has 0 amide bonds. The number of hydrogen-bond donors (Lipinski definition) is 3. The first kappa shape index (κ1) is 23.0. The zero-order chi connectivity index (χ0) is 21.5. The van der Waals surface area contributed by atoms with E-state index in [0.717, 1.165) is 4.68 Å². The lowest BCUT2D eigenvalue weighted by atomic mass is 10.1. The number of aryl methyl sites for hydroxylation is 1. The van der Waals surface area contributed by atoms with Crippen molar-refractivity contribution >= 4 is 22.0 Å². The minimum Gasteiger partial charge on any atom is -0.480 e. The molecule has 28 heavy (non-hydrogen) atoms. The number of aliphatic carboxylic acids is 2. The van der Waals surface area contributed by atoms with Crippen molar-refractivity contribution in [2.24, 2.45) is 7.05 Å². The van der Waals surface area contributed by atoms with Crippen molar-refractivity contribution in [1.29, 1.82) is 0 Å². The topological polar surface area (TPSA) is 151 Å². The number of alkyl halides is 3. The molecular weight excluding hydrogens is 409 g/mol. The smallest absolute Gasteiger partial charge is 0.480 e. The number of carboxylic acids is 2. The van der Waals surface area contributed by atoms with Gasteiger partial charge in [-0.2, -0.15) is 23.0 Å². The van der Waals surface area contributed by atoms with E-state index < -0.39 is 34.2 Å². The molecule has 2 heterocycles. The van der Waals surface area contributed by atoms with Gasteiger partial charge >= 0.3 is 18.1 Å². The fourth-order valence-corrected chi connectivity index (χ4v) is 3.12. The van der Waals surface area contributed by atoms with Crippen LogP contribution in [0, 0.1) is 0 Å². The average Bonchev–Trinajstić information content (AvgIpc) is 3.01. The van der Waals surface area contributed by atoms with E-state index in [2.05, 4.69) is 14.8 Å². The van der Waals surface area contributed by atoms with Gasteiger partial charge in [-0.05, 0) is 30.2 Å². The molecule has 2 aromatic rings. The summed E-state index contributed by atoms with van der Waals surface area (Å²) in [5, 5.41) is 20.0. The average molecular weight is 424 g/mol. The molecule has 1 unspecified atom stereocenters. The van der Waals surface area contributed by atoms with Crippen LogP contribution in [0.5, 0.6) is 0 Å². The van der Waals surface area contributed by atoms with Crippen LogP contribution in [0.15, 0.2) is 41.8 Å². The predicted molar refractivity (Wildman–Crippen MR) is 86.6 cm³/mol. The van der Waals surface area contributed by atoms with E-state index >= 15 is 0 Å². The maximum atomic E-state index is 12.2. The maximum absolute atomic E-state index is 12.2. The van der Waals surface area contributed by atoms with Crippen molar-refractivity contribution in [2.75, 3.05) is 0 Å². The Morgan fingerprint density at radius 1 is 1.18 bits per heavy atom. The number of rotatable bonds is 6. The second kappa shape index (κ2) is 9.27. The zero-order valence-corrected chi connectivity index (χ0v) is 15.0. The van der Waals surface area contributed by atoms with Gasteiger partial charge in [-0.3, -0.25) is 14.5 Å². The van der Waals surface area contributed by atoms with Crippen LogP contribution in [0.4, 0.5) is 13.2 Å². The molecule has 2 rings (SSSR count). The van der Waals surface area contributed by atoms with Gasteiger partial charge in [0.1, 0.15) is 6.04 Å². The number of carboxylic acid groups (broad SMARTS) is 2. The third-order valence-electron chi connectivity index (χ3n) is 3.08. The van der Waals surface area contributed by atoms with Crippen molar-refractivity contribution < 1.29 is 41.4 Å². The van der Waals surface area contributed by atoms with Crippen molar-refractivity contribution in [3.63, 3.8) is 0 Å². The number of nitrogens with zero attached hydrogens (tertiary/aromatic N) is 3. The minimum atomic E-state index is -5.08. The van der Waals surface area contributed by atoms with Gasteiger partial charge in [0.05, 0.1) is 6.20 Å². The summed E-state index contributed by atoms with van der Waals surface area (Å²) in [6.45, 7) is 0. The highest BCUT2D eigenvalue weighted by Gasteiger charge is 2.38. The van der Waals surface area contributed by atoms with Gasteiger partial charge in [-0.1, -0.05) is 0 Å². The lowest BCUT2D eigenvalue weighted by Gasteiger charge is -2.14. The normalized spacial score (nSPS) is 12.6. The third-order valence-corrected chi connectivity index (χ3v) is 4.62. The van der Waals surface area contributed by atoms with Crippen LogP contribution in [0.3, 0.4) is 0 Å². The van der Waals surface area contributed by atoms with Crippen LogP contribution < -0.4 is 4.72 Å². The minimum absolute atomic E-state index is 0.0228. The van der Waals surface area contributed by atoms with E-state index in [1.54, 1.807) is 12.1 Å². The molecule has 0 saturated carbocycles. The zero-order valence-electron chi connectivity index (χ0n) is 14.2. The van der Waals surface area contributed by atoms with E-state index in [-0.39, 0.29) is 11.4 Å². The molecule has 0 aliphatic rings. The summed E-state index contributed by atoms with van der Waals surface area (Å²) in [4.78, 5) is 24.0. The molecule has 0 bridgehead atoms. The van der Waals surface area contributed by atoms with Crippen molar-refractivity contribution in [3.8, 4) is 0 Å². The second-order valence-corrected chi connectivity index (χ2v) is 6.83. The first-order valence-electron chi connectivity index (χ1n) is 7.26. The van der Waals surface area contributed by atoms with Gasteiger partial charge in [0.2, 0.25) is 0 Å². The summed E-state index contributed by atoms with van der Waals surface area (Å²) >= 11 is 0.